The van der Waals surface area contributed by atoms with Gasteiger partial charge in [-0.05, 0) is 25.3 Å². The van der Waals surface area contributed by atoms with E-state index < -0.39 is 5.97 Å². The number of hydrogen-bond donors (Lipinski definition) is 0. The number of hydrogen-bond acceptors (Lipinski definition) is 2. The average Bonchev–Trinajstić information content (AvgIpc) is 2.41. The minimum atomic E-state index is -1.06. The monoisotopic (exact) mass is 275 g/mol. The van der Waals surface area contributed by atoms with Crippen molar-refractivity contribution in [2.24, 2.45) is 0 Å². The van der Waals surface area contributed by atoms with Crippen molar-refractivity contribution in [2.45, 2.75) is 71.6 Å². The maximum atomic E-state index is 11.1. The smallest absolute Gasteiger partial charge is 0.0718 e. The molecule has 0 aliphatic rings. The molecule has 0 aromatic heterocycles. The first-order valence-electron chi connectivity index (χ1n) is 7.96. The van der Waals surface area contributed by atoms with Crippen LogP contribution in [0.4, 0.5) is 0 Å². The van der Waals surface area contributed by atoms with Crippen LogP contribution in [-0.2, 0) is 6.42 Å². The van der Waals surface area contributed by atoms with Crippen LogP contribution < -0.4 is 5.11 Å². The van der Waals surface area contributed by atoms with Gasteiger partial charge in [-0.25, -0.2) is 0 Å². The molecule has 112 valence electrons. The third-order valence-corrected chi connectivity index (χ3v) is 3.78. The van der Waals surface area contributed by atoms with E-state index in [1.54, 1.807) is 6.07 Å². The van der Waals surface area contributed by atoms with Crippen molar-refractivity contribution < 1.29 is 9.90 Å². The predicted octanol–water partition coefficient (Wildman–Crippen LogP) is 4.04. The second-order valence-electron chi connectivity index (χ2n) is 5.67. The van der Waals surface area contributed by atoms with E-state index in [0.717, 1.165) is 24.0 Å². The predicted molar refractivity (Wildman–Crippen MR) is 81.8 cm³/mol. The summed E-state index contributed by atoms with van der Waals surface area (Å²) < 4.78 is 0. The van der Waals surface area contributed by atoms with Crippen LogP contribution in [0.3, 0.4) is 0 Å². The molecule has 0 saturated heterocycles. The average molecular weight is 275 g/mol. The number of carbonyl (C=O) groups excluding carboxylic acids is 1. The van der Waals surface area contributed by atoms with Crippen LogP contribution in [0.25, 0.3) is 0 Å². The Morgan fingerprint density at radius 3 is 2.20 bits per heavy atom. The number of unbranched alkanes of at least 4 members (excludes halogenated alkanes) is 7. The Labute approximate surface area is 123 Å². The minimum Gasteiger partial charge on any atom is -0.545 e. The van der Waals surface area contributed by atoms with E-state index in [1.165, 1.54) is 44.9 Å². The minimum absolute atomic E-state index is 0.360. The number of carboxylic acid groups (broad SMARTS) is 1. The molecule has 0 atom stereocenters. The first-order chi connectivity index (χ1) is 9.65. The molecule has 0 saturated carbocycles. The second-order valence-corrected chi connectivity index (χ2v) is 5.67. The second kappa shape index (κ2) is 9.57. The lowest BCUT2D eigenvalue weighted by atomic mass is 9.98. The maximum absolute atomic E-state index is 11.1. The number of rotatable bonds is 10. The molecule has 1 aromatic carbocycles. The van der Waals surface area contributed by atoms with E-state index in [2.05, 4.69) is 6.92 Å². The SMILES string of the molecule is CCCCCCCCCCc1cc(C)ccc1C(=O)[O-]. The van der Waals surface area contributed by atoms with Gasteiger partial charge in [-0.1, -0.05) is 75.6 Å². The van der Waals surface area contributed by atoms with Gasteiger partial charge in [0.1, 0.15) is 0 Å². The lowest BCUT2D eigenvalue weighted by Gasteiger charge is -2.11. The highest BCUT2D eigenvalue weighted by atomic mass is 16.4. The van der Waals surface area contributed by atoms with Gasteiger partial charge >= 0.3 is 0 Å². The largest absolute Gasteiger partial charge is 0.545 e. The van der Waals surface area contributed by atoms with E-state index >= 15 is 0 Å². The molecule has 0 heterocycles. The molecule has 0 aliphatic heterocycles. The van der Waals surface area contributed by atoms with Gasteiger partial charge in [0.2, 0.25) is 0 Å². The van der Waals surface area contributed by atoms with Crippen molar-refractivity contribution in [3.05, 3.63) is 34.9 Å². The van der Waals surface area contributed by atoms with Crippen molar-refractivity contribution >= 4 is 5.97 Å². The van der Waals surface area contributed by atoms with E-state index in [-0.39, 0.29) is 0 Å². The highest BCUT2D eigenvalue weighted by Crippen LogP contribution is 2.16. The van der Waals surface area contributed by atoms with E-state index in [0.29, 0.717) is 5.56 Å². The van der Waals surface area contributed by atoms with Crippen molar-refractivity contribution in [3.8, 4) is 0 Å². The number of benzene rings is 1. The zero-order valence-corrected chi connectivity index (χ0v) is 12.9. The van der Waals surface area contributed by atoms with Crippen molar-refractivity contribution in [2.75, 3.05) is 0 Å². The Morgan fingerprint density at radius 2 is 1.60 bits per heavy atom. The Bertz CT molecular complexity index is 410. The van der Waals surface area contributed by atoms with Crippen LogP contribution in [0.15, 0.2) is 18.2 Å². The van der Waals surface area contributed by atoms with Crippen LogP contribution >= 0.6 is 0 Å². The molecule has 0 fully saturated rings. The number of carbonyl (C=O) groups is 1. The molecule has 0 amide bonds. The Kier molecular flexibility index (Phi) is 8.01. The van der Waals surface area contributed by atoms with Crippen molar-refractivity contribution in [1.82, 2.24) is 0 Å². The molecule has 2 heteroatoms. The molecule has 0 unspecified atom stereocenters. The zero-order valence-electron chi connectivity index (χ0n) is 12.9. The van der Waals surface area contributed by atoms with Gasteiger partial charge in [0, 0.05) is 5.56 Å². The zero-order chi connectivity index (χ0) is 14.8. The number of carboxylic acids is 1. The van der Waals surface area contributed by atoms with Gasteiger partial charge in [0.15, 0.2) is 0 Å². The standard InChI is InChI=1S/C18H28O2/c1-3-4-5-6-7-8-9-10-11-16-14-15(2)12-13-17(16)18(19)20/h12-14H,3-11H2,1-2H3,(H,19,20)/p-1. The molecule has 0 N–H and O–H groups in total. The summed E-state index contributed by atoms with van der Waals surface area (Å²) >= 11 is 0. The molecule has 0 spiro atoms. The topological polar surface area (TPSA) is 40.1 Å². The van der Waals surface area contributed by atoms with E-state index in [4.69, 9.17) is 0 Å². The summed E-state index contributed by atoms with van der Waals surface area (Å²) in [6.07, 6.45) is 11.0. The third kappa shape index (κ3) is 6.23. The van der Waals surface area contributed by atoms with Gasteiger partial charge in [-0.2, -0.15) is 0 Å². The van der Waals surface area contributed by atoms with Gasteiger partial charge in [0.25, 0.3) is 0 Å². The fourth-order valence-electron chi connectivity index (χ4n) is 2.58. The third-order valence-electron chi connectivity index (χ3n) is 3.78. The fraction of sp³-hybridized carbons (Fsp3) is 0.611. The van der Waals surface area contributed by atoms with Crippen LogP contribution in [0.5, 0.6) is 0 Å². The van der Waals surface area contributed by atoms with Crippen molar-refractivity contribution in [3.63, 3.8) is 0 Å². The number of aryl methyl sites for hydroxylation is 2. The number of aromatic carboxylic acids is 1. The summed E-state index contributed by atoms with van der Waals surface area (Å²) in [5.41, 5.74) is 2.40. The molecule has 0 radical (unpaired) electrons. The molecule has 20 heavy (non-hydrogen) atoms. The molecule has 1 aromatic rings. The molecular weight excluding hydrogens is 248 g/mol. The first kappa shape index (κ1) is 16.7. The molecule has 2 nitrogen and oxygen atoms in total. The van der Waals surface area contributed by atoms with Crippen LogP contribution in [0.1, 0.15) is 79.8 Å². The molecular formula is C18H27O2-. The molecule has 1 rings (SSSR count). The summed E-state index contributed by atoms with van der Waals surface area (Å²) in [5.74, 6) is -1.06. The summed E-state index contributed by atoms with van der Waals surface area (Å²) in [6, 6.07) is 5.49. The fourth-order valence-corrected chi connectivity index (χ4v) is 2.58. The highest BCUT2D eigenvalue weighted by Gasteiger charge is 2.03. The Balaban J connectivity index is 2.28. The van der Waals surface area contributed by atoms with Gasteiger partial charge in [-0.3, -0.25) is 0 Å². The van der Waals surface area contributed by atoms with Gasteiger partial charge in [-0.15, -0.1) is 0 Å². The Morgan fingerprint density at radius 1 is 1.00 bits per heavy atom. The van der Waals surface area contributed by atoms with Crippen molar-refractivity contribution in [1.29, 1.82) is 0 Å². The Hall–Kier alpha value is -1.31. The lowest BCUT2D eigenvalue weighted by Crippen LogP contribution is -2.23. The van der Waals surface area contributed by atoms with E-state index in [1.807, 2.05) is 19.1 Å². The van der Waals surface area contributed by atoms with Crippen LogP contribution in [0, 0.1) is 6.92 Å². The lowest BCUT2D eigenvalue weighted by molar-refractivity contribution is -0.255. The van der Waals surface area contributed by atoms with Crippen LogP contribution in [0.2, 0.25) is 0 Å². The van der Waals surface area contributed by atoms with Gasteiger partial charge < -0.3 is 9.90 Å². The summed E-state index contributed by atoms with van der Waals surface area (Å²) in [5, 5.41) is 11.1. The first-order valence-corrected chi connectivity index (χ1v) is 7.96. The van der Waals surface area contributed by atoms with Crippen LogP contribution in [-0.4, -0.2) is 5.97 Å². The summed E-state index contributed by atoms with van der Waals surface area (Å²) in [7, 11) is 0. The summed E-state index contributed by atoms with van der Waals surface area (Å²) in [4.78, 5) is 11.1. The molecule has 0 aliphatic carbocycles. The maximum Gasteiger partial charge on any atom is 0.0718 e. The normalized spacial score (nSPS) is 10.7. The van der Waals surface area contributed by atoms with Gasteiger partial charge in [0.05, 0.1) is 5.97 Å². The van der Waals surface area contributed by atoms with E-state index in [9.17, 15) is 9.90 Å². The quantitative estimate of drug-likeness (QED) is 0.605. The summed E-state index contributed by atoms with van der Waals surface area (Å²) in [6.45, 7) is 4.23. The molecule has 0 bridgehead atoms. The highest BCUT2D eigenvalue weighted by molar-refractivity contribution is 5.87.